The fraction of sp³-hybridized carbons (Fsp3) is 0.941. The minimum Gasteiger partial charge on any atom is -0.353 e. The van der Waals surface area contributed by atoms with E-state index in [-0.39, 0.29) is 17.9 Å². The van der Waals surface area contributed by atoms with Gasteiger partial charge in [0.25, 0.3) is 0 Å². The van der Waals surface area contributed by atoms with Gasteiger partial charge in [0.1, 0.15) is 0 Å². The molecule has 0 aliphatic carbocycles. The Bertz CT molecular complexity index is 318. The molecule has 1 unspecified atom stereocenters. The summed E-state index contributed by atoms with van der Waals surface area (Å²) in [5, 5.41) is 6.61. The summed E-state index contributed by atoms with van der Waals surface area (Å²) in [6, 6.07) is 0.283. The topological polar surface area (TPSA) is 44.4 Å². The molecule has 4 heteroatoms. The van der Waals surface area contributed by atoms with Crippen LogP contribution in [0.25, 0.3) is 0 Å². The molecule has 1 amide bonds. The molecule has 2 aliphatic heterocycles. The summed E-state index contributed by atoms with van der Waals surface area (Å²) in [5.41, 5.74) is 0. The van der Waals surface area contributed by atoms with Crippen molar-refractivity contribution in [2.45, 2.75) is 52.5 Å². The summed E-state index contributed by atoms with van der Waals surface area (Å²) < 4.78 is 0. The molecule has 0 saturated carbocycles. The summed E-state index contributed by atoms with van der Waals surface area (Å²) in [4.78, 5) is 14.8. The maximum absolute atomic E-state index is 12.3. The zero-order valence-corrected chi connectivity index (χ0v) is 14.0. The second-order valence-electron chi connectivity index (χ2n) is 7.31. The second kappa shape index (κ2) is 8.14. The molecule has 2 rings (SSSR count). The highest BCUT2D eigenvalue weighted by Gasteiger charge is 2.27. The Balaban J connectivity index is 1.68. The van der Waals surface area contributed by atoms with Crippen molar-refractivity contribution in [1.82, 2.24) is 15.5 Å². The average molecular weight is 295 g/mol. The first-order chi connectivity index (χ1) is 10.1. The molecule has 21 heavy (non-hydrogen) atoms. The van der Waals surface area contributed by atoms with E-state index in [9.17, 15) is 4.79 Å². The highest BCUT2D eigenvalue weighted by molar-refractivity contribution is 5.79. The van der Waals surface area contributed by atoms with Crippen molar-refractivity contribution in [3.05, 3.63) is 0 Å². The fourth-order valence-corrected chi connectivity index (χ4v) is 3.32. The molecule has 4 nitrogen and oxygen atoms in total. The van der Waals surface area contributed by atoms with Crippen molar-refractivity contribution >= 4 is 5.91 Å². The van der Waals surface area contributed by atoms with E-state index in [4.69, 9.17) is 0 Å². The van der Waals surface area contributed by atoms with Crippen molar-refractivity contribution in [2.75, 3.05) is 32.7 Å². The number of nitrogens with zero attached hydrogens (tertiary/aromatic N) is 1. The maximum Gasteiger partial charge on any atom is 0.223 e. The minimum atomic E-state index is 0.232. The normalized spacial score (nSPS) is 24.2. The van der Waals surface area contributed by atoms with Crippen LogP contribution in [0.2, 0.25) is 0 Å². The van der Waals surface area contributed by atoms with Gasteiger partial charge in [0, 0.05) is 18.5 Å². The molecule has 0 aromatic carbocycles. The van der Waals surface area contributed by atoms with Crippen LogP contribution in [-0.2, 0) is 4.79 Å². The molecule has 1 atom stereocenters. The van der Waals surface area contributed by atoms with E-state index in [1.165, 1.54) is 32.5 Å². The van der Waals surface area contributed by atoms with Gasteiger partial charge < -0.3 is 15.5 Å². The number of amides is 1. The van der Waals surface area contributed by atoms with E-state index in [1.807, 2.05) is 0 Å². The SMILES string of the molecule is CC(C)C(C)NC(=O)C1CCN(CC2CCNCC2)CC1. The van der Waals surface area contributed by atoms with E-state index in [2.05, 4.69) is 36.3 Å². The van der Waals surface area contributed by atoms with Gasteiger partial charge in [-0.1, -0.05) is 13.8 Å². The Morgan fingerprint density at radius 1 is 1.14 bits per heavy atom. The van der Waals surface area contributed by atoms with Crippen LogP contribution >= 0.6 is 0 Å². The van der Waals surface area contributed by atoms with Crippen molar-refractivity contribution in [3.63, 3.8) is 0 Å². The maximum atomic E-state index is 12.3. The van der Waals surface area contributed by atoms with Crippen LogP contribution in [0.5, 0.6) is 0 Å². The first-order valence-corrected chi connectivity index (χ1v) is 8.79. The quantitative estimate of drug-likeness (QED) is 0.814. The summed E-state index contributed by atoms with van der Waals surface area (Å²) in [6.45, 7) is 12.2. The molecular formula is C17H33N3O. The standard InChI is InChI=1S/C17H33N3O/c1-13(2)14(3)19-17(21)16-6-10-20(11-7-16)12-15-4-8-18-9-5-15/h13-16,18H,4-12H2,1-3H3,(H,19,21). The highest BCUT2D eigenvalue weighted by atomic mass is 16.1. The molecule has 2 N–H and O–H groups in total. The lowest BCUT2D eigenvalue weighted by molar-refractivity contribution is -0.127. The number of hydrogen-bond acceptors (Lipinski definition) is 3. The molecule has 0 radical (unpaired) electrons. The van der Waals surface area contributed by atoms with E-state index in [1.54, 1.807) is 0 Å². The van der Waals surface area contributed by atoms with E-state index in [0.29, 0.717) is 5.92 Å². The molecular weight excluding hydrogens is 262 g/mol. The second-order valence-corrected chi connectivity index (χ2v) is 7.31. The predicted molar refractivity (Wildman–Crippen MR) is 87.2 cm³/mol. The van der Waals surface area contributed by atoms with Crippen LogP contribution in [-0.4, -0.2) is 49.6 Å². The molecule has 122 valence electrons. The van der Waals surface area contributed by atoms with Crippen molar-refractivity contribution in [1.29, 1.82) is 0 Å². The fourth-order valence-electron chi connectivity index (χ4n) is 3.32. The molecule has 2 fully saturated rings. The lowest BCUT2D eigenvalue weighted by Crippen LogP contribution is -2.45. The van der Waals surface area contributed by atoms with Gasteiger partial charge in [0.2, 0.25) is 5.91 Å². The first-order valence-electron chi connectivity index (χ1n) is 8.79. The Kier molecular flexibility index (Phi) is 6.49. The number of nitrogens with one attached hydrogen (secondary N) is 2. The van der Waals surface area contributed by atoms with Crippen molar-refractivity contribution in [2.24, 2.45) is 17.8 Å². The van der Waals surface area contributed by atoms with Crippen molar-refractivity contribution in [3.8, 4) is 0 Å². The predicted octanol–water partition coefficient (Wildman–Crippen LogP) is 1.86. The van der Waals surface area contributed by atoms with Gasteiger partial charge in [0.15, 0.2) is 0 Å². The van der Waals surface area contributed by atoms with Gasteiger partial charge in [-0.25, -0.2) is 0 Å². The number of rotatable bonds is 5. The lowest BCUT2D eigenvalue weighted by atomic mass is 9.92. The molecule has 0 bridgehead atoms. The number of piperidine rings is 2. The minimum absolute atomic E-state index is 0.232. The Morgan fingerprint density at radius 3 is 2.33 bits per heavy atom. The average Bonchev–Trinajstić information content (AvgIpc) is 2.48. The largest absolute Gasteiger partial charge is 0.353 e. The van der Waals surface area contributed by atoms with Crippen LogP contribution in [0.3, 0.4) is 0 Å². The molecule has 0 spiro atoms. The van der Waals surface area contributed by atoms with Crippen LogP contribution < -0.4 is 10.6 Å². The van der Waals surface area contributed by atoms with Crippen LogP contribution in [0.1, 0.15) is 46.5 Å². The lowest BCUT2D eigenvalue weighted by Gasteiger charge is -2.35. The Morgan fingerprint density at radius 2 is 1.76 bits per heavy atom. The van der Waals surface area contributed by atoms with Crippen molar-refractivity contribution < 1.29 is 4.79 Å². The van der Waals surface area contributed by atoms with Gasteiger partial charge in [-0.3, -0.25) is 4.79 Å². The van der Waals surface area contributed by atoms with Gasteiger partial charge in [0.05, 0.1) is 0 Å². The Hall–Kier alpha value is -0.610. The third-order valence-corrected chi connectivity index (χ3v) is 5.30. The smallest absolute Gasteiger partial charge is 0.223 e. The number of likely N-dealkylation sites (tertiary alicyclic amines) is 1. The first kappa shape index (κ1) is 16.8. The van der Waals surface area contributed by atoms with E-state index >= 15 is 0 Å². The monoisotopic (exact) mass is 295 g/mol. The van der Waals surface area contributed by atoms with E-state index < -0.39 is 0 Å². The molecule has 2 saturated heterocycles. The number of hydrogen-bond donors (Lipinski definition) is 2. The Labute approximate surface area is 130 Å². The summed E-state index contributed by atoms with van der Waals surface area (Å²) >= 11 is 0. The number of carbonyl (C=O) groups is 1. The highest BCUT2D eigenvalue weighted by Crippen LogP contribution is 2.21. The third-order valence-electron chi connectivity index (χ3n) is 5.30. The zero-order valence-electron chi connectivity index (χ0n) is 14.0. The third kappa shape index (κ3) is 5.26. The summed E-state index contributed by atoms with van der Waals surface area (Å²) in [6.07, 6.45) is 4.68. The van der Waals surface area contributed by atoms with Crippen LogP contribution in [0.4, 0.5) is 0 Å². The molecule has 0 aromatic heterocycles. The zero-order chi connectivity index (χ0) is 15.2. The van der Waals surface area contributed by atoms with Gasteiger partial charge >= 0.3 is 0 Å². The molecule has 0 aromatic rings. The van der Waals surface area contributed by atoms with Crippen LogP contribution in [0.15, 0.2) is 0 Å². The number of carbonyl (C=O) groups excluding carboxylic acids is 1. The molecule has 2 heterocycles. The van der Waals surface area contributed by atoms with Gasteiger partial charge in [-0.2, -0.15) is 0 Å². The van der Waals surface area contributed by atoms with Gasteiger partial charge in [-0.15, -0.1) is 0 Å². The summed E-state index contributed by atoms with van der Waals surface area (Å²) in [7, 11) is 0. The summed E-state index contributed by atoms with van der Waals surface area (Å²) in [5.74, 6) is 1.87. The molecule has 2 aliphatic rings. The van der Waals surface area contributed by atoms with E-state index in [0.717, 1.165) is 31.8 Å². The van der Waals surface area contributed by atoms with Crippen LogP contribution in [0, 0.1) is 17.8 Å². The van der Waals surface area contributed by atoms with Gasteiger partial charge in [-0.05, 0) is 70.6 Å².